The van der Waals surface area contributed by atoms with Crippen LogP contribution in [0.3, 0.4) is 0 Å². The van der Waals surface area contributed by atoms with Gasteiger partial charge in [-0.2, -0.15) is 0 Å². The van der Waals surface area contributed by atoms with E-state index in [2.05, 4.69) is 10.1 Å². The second kappa shape index (κ2) is 5.06. The molecule has 1 heterocycles. The minimum Gasteiger partial charge on any atom is -0.310 e. The van der Waals surface area contributed by atoms with E-state index in [0.29, 0.717) is 19.4 Å². The van der Waals surface area contributed by atoms with Crippen LogP contribution in [0.1, 0.15) is 24.4 Å². The van der Waals surface area contributed by atoms with Crippen molar-refractivity contribution in [3.63, 3.8) is 0 Å². The molecule has 1 fully saturated rings. The van der Waals surface area contributed by atoms with Crippen LogP contribution in [0.25, 0.3) is 0 Å². The largest absolute Gasteiger partial charge is 0.522 e. The van der Waals surface area contributed by atoms with Crippen LogP contribution in [0, 0.1) is 0 Å². The summed E-state index contributed by atoms with van der Waals surface area (Å²) in [5.41, 5.74) is 1.00. The standard InChI is InChI=1S/C12H14F3NO/c13-12(14,15)17-10-6-7-16-11(8-10)9-4-2-1-3-5-9/h1-5,10-11,16H,6-8H2/t10-,11-/m0/s1. The van der Waals surface area contributed by atoms with Crippen LogP contribution >= 0.6 is 0 Å². The summed E-state index contributed by atoms with van der Waals surface area (Å²) in [5.74, 6) is 0. The molecule has 0 amide bonds. The average molecular weight is 245 g/mol. The Morgan fingerprint density at radius 3 is 2.53 bits per heavy atom. The van der Waals surface area contributed by atoms with Gasteiger partial charge in [-0.25, -0.2) is 0 Å². The van der Waals surface area contributed by atoms with Crippen molar-refractivity contribution in [2.45, 2.75) is 31.3 Å². The topological polar surface area (TPSA) is 21.3 Å². The van der Waals surface area contributed by atoms with Crippen molar-refractivity contribution in [1.82, 2.24) is 5.32 Å². The average Bonchev–Trinajstić information content (AvgIpc) is 2.28. The molecule has 2 nitrogen and oxygen atoms in total. The Morgan fingerprint density at radius 1 is 1.18 bits per heavy atom. The molecule has 0 saturated carbocycles. The van der Waals surface area contributed by atoms with Gasteiger partial charge >= 0.3 is 6.36 Å². The van der Waals surface area contributed by atoms with Gasteiger partial charge in [0.2, 0.25) is 0 Å². The molecule has 1 aliphatic rings. The third-order valence-electron chi connectivity index (χ3n) is 2.86. The maximum Gasteiger partial charge on any atom is 0.522 e. The van der Waals surface area contributed by atoms with Gasteiger partial charge in [0.25, 0.3) is 0 Å². The van der Waals surface area contributed by atoms with Gasteiger partial charge in [-0.1, -0.05) is 30.3 Å². The van der Waals surface area contributed by atoms with Crippen molar-refractivity contribution in [3.05, 3.63) is 35.9 Å². The van der Waals surface area contributed by atoms with Gasteiger partial charge in [-0.15, -0.1) is 13.2 Å². The van der Waals surface area contributed by atoms with E-state index >= 15 is 0 Å². The molecule has 1 N–H and O–H groups in total. The number of rotatable bonds is 2. The van der Waals surface area contributed by atoms with Crippen LogP contribution in [0.4, 0.5) is 13.2 Å². The molecule has 0 aromatic heterocycles. The van der Waals surface area contributed by atoms with Crippen molar-refractivity contribution in [3.8, 4) is 0 Å². The van der Waals surface area contributed by atoms with Gasteiger partial charge in [0.05, 0.1) is 6.10 Å². The number of hydrogen-bond donors (Lipinski definition) is 1. The van der Waals surface area contributed by atoms with Gasteiger partial charge in [0.1, 0.15) is 0 Å². The summed E-state index contributed by atoms with van der Waals surface area (Å²) in [4.78, 5) is 0. The molecular weight excluding hydrogens is 231 g/mol. The lowest BCUT2D eigenvalue weighted by molar-refractivity contribution is -0.345. The predicted molar refractivity (Wildman–Crippen MR) is 57.3 cm³/mol. The number of ether oxygens (including phenoxy) is 1. The van der Waals surface area contributed by atoms with Crippen molar-refractivity contribution in [2.75, 3.05) is 6.54 Å². The van der Waals surface area contributed by atoms with E-state index < -0.39 is 12.5 Å². The minimum absolute atomic E-state index is 0.0581. The third-order valence-corrected chi connectivity index (χ3v) is 2.86. The normalized spacial score (nSPS) is 25.8. The zero-order chi connectivity index (χ0) is 12.3. The number of alkyl halides is 3. The van der Waals surface area contributed by atoms with Gasteiger partial charge in [-0.05, 0) is 24.9 Å². The van der Waals surface area contributed by atoms with Gasteiger partial charge in [0.15, 0.2) is 0 Å². The zero-order valence-electron chi connectivity index (χ0n) is 9.20. The molecule has 0 radical (unpaired) electrons. The Bertz CT molecular complexity index is 353. The minimum atomic E-state index is -4.54. The van der Waals surface area contributed by atoms with Crippen molar-refractivity contribution in [1.29, 1.82) is 0 Å². The first kappa shape index (κ1) is 12.4. The lowest BCUT2D eigenvalue weighted by Gasteiger charge is -2.31. The van der Waals surface area contributed by atoms with Crippen LogP contribution in [0.5, 0.6) is 0 Å². The molecule has 94 valence electrons. The van der Waals surface area contributed by atoms with E-state index in [9.17, 15) is 13.2 Å². The van der Waals surface area contributed by atoms with Crippen molar-refractivity contribution < 1.29 is 17.9 Å². The van der Waals surface area contributed by atoms with Gasteiger partial charge in [-0.3, -0.25) is 4.74 Å². The fourth-order valence-corrected chi connectivity index (χ4v) is 2.12. The number of piperidine rings is 1. The maximum atomic E-state index is 12.1. The summed E-state index contributed by atoms with van der Waals surface area (Å²) in [7, 11) is 0. The van der Waals surface area contributed by atoms with E-state index in [1.165, 1.54) is 0 Å². The van der Waals surface area contributed by atoms with E-state index in [-0.39, 0.29) is 6.04 Å². The molecule has 1 aromatic carbocycles. The molecule has 0 aliphatic carbocycles. The molecular formula is C12H14F3NO. The summed E-state index contributed by atoms with van der Waals surface area (Å²) in [6.45, 7) is 0.542. The summed E-state index contributed by atoms with van der Waals surface area (Å²) in [6.07, 6.45) is -4.54. The van der Waals surface area contributed by atoms with E-state index in [1.807, 2.05) is 30.3 Å². The molecule has 1 aromatic rings. The lowest BCUT2D eigenvalue weighted by atomic mass is 9.95. The summed E-state index contributed by atoms with van der Waals surface area (Å²) in [6, 6.07) is 9.41. The second-order valence-corrected chi connectivity index (χ2v) is 4.13. The number of halogens is 3. The molecule has 1 aliphatic heterocycles. The van der Waals surface area contributed by atoms with Crippen LogP contribution in [0.2, 0.25) is 0 Å². The fraction of sp³-hybridized carbons (Fsp3) is 0.500. The molecule has 1 saturated heterocycles. The first-order valence-electron chi connectivity index (χ1n) is 5.57. The molecule has 2 rings (SSSR count). The first-order chi connectivity index (χ1) is 8.04. The summed E-state index contributed by atoms with van der Waals surface area (Å²) >= 11 is 0. The Morgan fingerprint density at radius 2 is 1.88 bits per heavy atom. The summed E-state index contributed by atoms with van der Waals surface area (Å²) < 4.78 is 40.5. The fourth-order valence-electron chi connectivity index (χ4n) is 2.12. The molecule has 0 bridgehead atoms. The number of hydrogen-bond acceptors (Lipinski definition) is 2. The monoisotopic (exact) mass is 245 g/mol. The van der Waals surface area contributed by atoms with E-state index in [0.717, 1.165) is 5.56 Å². The van der Waals surface area contributed by atoms with E-state index in [1.54, 1.807) is 0 Å². The number of benzene rings is 1. The van der Waals surface area contributed by atoms with Crippen molar-refractivity contribution >= 4 is 0 Å². The summed E-state index contributed by atoms with van der Waals surface area (Å²) in [5, 5.41) is 3.20. The second-order valence-electron chi connectivity index (χ2n) is 4.13. The van der Waals surface area contributed by atoms with Crippen LogP contribution in [0.15, 0.2) is 30.3 Å². The highest BCUT2D eigenvalue weighted by molar-refractivity contribution is 5.19. The third kappa shape index (κ3) is 3.71. The predicted octanol–water partition coefficient (Wildman–Crippen LogP) is 3.02. The molecule has 0 unspecified atom stereocenters. The Kier molecular flexibility index (Phi) is 3.69. The maximum absolute atomic E-state index is 12.1. The smallest absolute Gasteiger partial charge is 0.310 e. The SMILES string of the molecule is FC(F)(F)O[C@H]1CCN[C@H](c2ccccc2)C1. The highest BCUT2D eigenvalue weighted by atomic mass is 19.4. The first-order valence-corrected chi connectivity index (χ1v) is 5.57. The molecule has 5 heteroatoms. The quantitative estimate of drug-likeness (QED) is 0.864. The molecule has 2 atom stereocenters. The van der Waals surface area contributed by atoms with Crippen molar-refractivity contribution in [2.24, 2.45) is 0 Å². The van der Waals surface area contributed by atoms with E-state index in [4.69, 9.17) is 0 Å². The van der Waals surface area contributed by atoms with Crippen LogP contribution < -0.4 is 5.32 Å². The van der Waals surface area contributed by atoms with Crippen LogP contribution in [-0.2, 0) is 4.74 Å². The van der Waals surface area contributed by atoms with Crippen LogP contribution in [-0.4, -0.2) is 19.0 Å². The van der Waals surface area contributed by atoms with Gasteiger partial charge in [0, 0.05) is 6.04 Å². The Balaban J connectivity index is 1.98. The molecule has 17 heavy (non-hydrogen) atoms. The zero-order valence-corrected chi connectivity index (χ0v) is 9.20. The highest BCUT2D eigenvalue weighted by Gasteiger charge is 2.35. The lowest BCUT2D eigenvalue weighted by Crippen LogP contribution is -2.38. The highest BCUT2D eigenvalue weighted by Crippen LogP contribution is 2.29. The Hall–Kier alpha value is -1.07. The van der Waals surface area contributed by atoms with Gasteiger partial charge < -0.3 is 5.32 Å². The Labute approximate surface area is 97.8 Å². The number of nitrogens with one attached hydrogen (secondary N) is 1. The molecule has 0 spiro atoms.